The average molecular weight is 392 g/mol. The van der Waals surface area contributed by atoms with Gasteiger partial charge in [0.1, 0.15) is 0 Å². The molecule has 0 saturated heterocycles. The van der Waals surface area contributed by atoms with Crippen LogP contribution in [-0.4, -0.2) is 29.2 Å². The predicted octanol–water partition coefficient (Wildman–Crippen LogP) is 4.54. The topological polar surface area (TPSA) is 68.3 Å². The van der Waals surface area contributed by atoms with Crippen molar-refractivity contribution in [1.82, 2.24) is 4.98 Å². The summed E-state index contributed by atoms with van der Waals surface area (Å²) in [6.45, 7) is 2.11. The van der Waals surface area contributed by atoms with Crippen LogP contribution in [0.4, 0.5) is 5.69 Å². The first kappa shape index (κ1) is 19.6. The number of rotatable bonds is 7. The van der Waals surface area contributed by atoms with Gasteiger partial charge in [-0.3, -0.25) is 9.78 Å². The zero-order valence-corrected chi connectivity index (χ0v) is 16.2. The predicted molar refractivity (Wildman–Crippen MR) is 113 cm³/mol. The number of benzene rings is 2. The van der Waals surface area contributed by atoms with Crippen LogP contribution in [0.5, 0.6) is 0 Å². The first-order chi connectivity index (χ1) is 13.7. The lowest BCUT2D eigenvalue weighted by molar-refractivity contribution is -0.137. The summed E-state index contributed by atoms with van der Waals surface area (Å²) in [7, 11) is 0. The van der Waals surface area contributed by atoms with Crippen molar-refractivity contribution in [3.05, 3.63) is 72.4 Å². The number of carbonyl (C=O) groups excluding carboxylic acids is 2. The minimum Gasteiger partial charge on any atom is -0.463 e. The van der Waals surface area contributed by atoms with E-state index in [-0.39, 0.29) is 11.9 Å². The molecule has 0 aliphatic heterocycles. The van der Waals surface area contributed by atoms with Gasteiger partial charge in [0.05, 0.1) is 17.9 Å². The van der Waals surface area contributed by atoms with Crippen molar-refractivity contribution in [3.8, 4) is 0 Å². The van der Waals surface area contributed by atoms with Gasteiger partial charge in [0.2, 0.25) is 5.91 Å². The van der Waals surface area contributed by atoms with E-state index >= 15 is 0 Å². The summed E-state index contributed by atoms with van der Waals surface area (Å²) in [5.41, 5.74) is 2.47. The second-order valence-electron chi connectivity index (χ2n) is 5.87. The van der Waals surface area contributed by atoms with E-state index in [0.717, 1.165) is 21.4 Å². The Morgan fingerprint density at radius 2 is 1.89 bits per heavy atom. The minimum absolute atomic E-state index is 0.0827. The van der Waals surface area contributed by atoms with Gasteiger partial charge < -0.3 is 10.1 Å². The Labute approximate surface area is 167 Å². The third-order valence-corrected chi connectivity index (χ3v) is 4.93. The van der Waals surface area contributed by atoms with Crippen LogP contribution in [0.2, 0.25) is 0 Å². The van der Waals surface area contributed by atoms with Crippen LogP contribution in [0, 0.1) is 0 Å². The van der Waals surface area contributed by atoms with Gasteiger partial charge in [-0.15, -0.1) is 11.8 Å². The zero-order chi connectivity index (χ0) is 19.8. The molecule has 3 aromatic rings. The number of hydrogen-bond acceptors (Lipinski definition) is 5. The number of para-hydroxylation sites is 1. The molecule has 0 spiro atoms. The molecule has 0 radical (unpaired) electrons. The first-order valence-electron chi connectivity index (χ1n) is 8.87. The summed E-state index contributed by atoms with van der Waals surface area (Å²) in [6.07, 6.45) is 4.81. The van der Waals surface area contributed by atoms with Crippen molar-refractivity contribution >= 4 is 46.3 Å². The highest BCUT2D eigenvalue weighted by atomic mass is 32.2. The lowest BCUT2D eigenvalue weighted by Crippen LogP contribution is -2.13. The van der Waals surface area contributed by atoms with Crippen molar-refractivity contribution in [2.45, 2.75) is 11.8 Å². The Kier molecular flexibility index (Phi) is 6.81. The van der Waals surface area contributed by atoms with E-state index in [0.29, 0.717) is 18.0 Å². The molecule has 28 heavy (non-hydrogen) atoms. The Bertz CT molecular complexity index is 995. The maximum absolute atomic E-state index is 12.3. The number of nitrogens with zero attached hydrogens (tertiary/aromatic N) is 1. The first-order valence-corrected chi connectivity index (χ1v) is 9.85. The van der Waals surface area contributed by atoms with Gasteiger partial charge in [-0.1, -0.05) is 30.3 Å². The summed E-state index contributed by atoms with van der Waals surface area (Å²) in [5.74, 6) is -0.153. The molecule has 0 fully saturated rings. The maximum atomic E-state index is 12.3. The van der Waals surface area contributed by atoms with Crippen molar-refractivity contribution in [2.24, 2.45) is 0 Å². The number of esters is 1. The van der Waals surface area contributed by atoms with Gasteiger partial charge in [-0.25, -0.2) is 4.79 Å². The van der Waals surface area contributed by atoms with Crippen LogP contribution in [-0.2, 0) is 14.3 Å². The summed E-state index contributed by atoms with van der Waals surface area (Å²) in [4.78, 5) is 29.0. The number of thioether (sulfide) groups is 1. The number of aromatic nitrogens is 1. The largest absolute Gasteiger partial charge is 0.463 e. The Hall–Kier alpha value is -3.12. The van der Waals surface area contributed by atoms with Crippen LogP contribution in [0.25, 0.3) is 17.0 Å². The molecular weight excluding hydrogens is 372 g/mol. The summed E-state index contributed by atoms with van der Waals surface area (Å²) in [6, 6.07) is 17.1. The van der Waals surface area contributed by atoms with E-state index in [1.54, 1.807) is 31.3 Å². The lowest BCUT2D eigenvalue weighted by Gasteiger charge is -2.07. The normalized spacial score (nSPS) is 10.9. The van der Waals surface area contributed by atoms with Crippen molar-refractivity contribution in [1.29, 1.82) is 0 Å². The molecule has 2 aromatic carbocycles. The lowest BCUT2D eigenvalue weighted by atomic mass is 10.2. The van der Waals surface area contributed by atoms with E-state index in [9.17, 15) is 9.59 Å². The Morgan fingerprint density at radius 1 is 1.11 bits per heavy atom. The summed E-state index contributed by atoms with van der Waals surface area (Å²) in [5, 5.41) is 3.92. The fourth-order valence-electron chi connectivity index (χ4n) is 2.57. The van der Waals surface area contributed by atoms with Gasteiger partial charge in [0.25, 0.3) is 0 Å². The van der Waals surface area contributed by atoms with Gasteiger partial charge in [-0.05, 0) is 42.8 Å². The molecule has 1 N–H and O–H groups in total. The molecule has 5 nitrogen and oxygen atoms in total. The molecule has 0 aliphatic carbocycles. The number of pyridine rings is 1. The molecule has 0 saturated carbocycles. The number of fused-ring (bicyclic) bond motifs is 1. The second-order valence-corrected chi connectivity index (χ2v) is 6.89. The molecule has 0 unspecified atom stereocenters. The summed E-state index contributed by atoms with van der Waals surface area (Å²) >= 11 is 1.48. The van der Waals surface area contributed by atoms with E-state index in [1.807, 2.05) is 42.5 Å². The van der Waals surface area contributed by atoms with Gasteiger partial charge in [0.15, 0.2) is 0 Å². The number of hydrogen-bond donors (Lipinski definition) is 1. The van der Waals surface area contributed by atoms with Crippen molar-refractivity contribution < 1.29 is 14.3 Å². The molecular formula is C22H20N2O3S. The number of carbonyl (C=O) groups is 2. The molecule has 1 heterocycles. The quantitative estimate of drug-likeness (QED) is 0.363. The van der Waals surface area contributed by atoms with E-state index in [1.165, 1.54) is 17.8 Å². The molecule has 1 aromatic heterocycles. The number of amides is 1. The minimum atomic E-state index is -0.375. The Morgan fingerprint density at radius 3 is 2.68 bits per heavy atom. The molecule has 6 heteroatoms. The number of anilines is 1. The smallest absolute Gasteiger partial charge is 0.330 e. The molecule has 142 valence electrons. The molecule has 0 bridgehead atoms. The van der Waals surface area contributed by atoms with Crippen LogP contribution < -0.4 is 5.32 Å². The van der Waals surface area contributed by atoms with E-state index < -0.39 is 0 Å². The van der Waals surface area contributed by atoms with Crippen molar-refractivity contribution in [3.63, 3.8) is 0 Å². The van der Waals surface area contributed by atoms with Gasteiger partial charge >= 0.3 is 5.97 Å². The van der Waals surface area contributed by atoms with Crippen LogP contribution in [0.15, 0.2) is 71.8 Å². The fourth-order valence-corrected chi connectivity index (χ4v) is 3.41. The van der Waals surface area contributed by atoms with E-state index in [4.69, 9.17) is 4.74 Å². The molecule has 0 aliphatic rings. The summed E-state index contributed by atoms with van der Waals surface area (Å²) < 4.78 is 4.84. The molecule has 0 atom stereocenters. The Balaban J connectivity index is 1.55. The monoisotopic (exact) mass is 392 g/mol. The number of nitrogens with one attached hydrogen (secondary N) is 1. The highest BCUT2D eigenvalue weighted by molar-refractivity contribution is 8.00. The van der Waals surface area contributed by atoms with Crippen molar-refractivity contribution in [2.75, 3.05) is 17.7 Å². The van der Waals surface area contributed by atoms with Crippen LogP contribution >= 0.6 is 11.8 Å². The third kappa shape index (κ3) is 5.44. The molecule has 1 amide bonds. The standard InChI is InChI=1S/C22H20N2O3S/c1-2-27-22(26)12-9-16-7-10-17(11-8-16)24-21(25)15-28-20-13-14-23-19-6-4-3-5-18(19)20/h3-14H,2,15H2,1H3,(H,24,25)/b12-9+. The SMILES string of the molecule is CCOC(=O)/C=C/c1ccc(NC(=O)CSc2ccnc3ccccc23)cc1. The molecule has 3 rings (SSSR count). The zero-order valence-electron chi connectivity index (χ0n) is 15.4. The number of ether oxygens (including phenoxy) is 1. The van der Waals surface area contributed by atoms with Crippen LogP contribution in [0.1, 0.15) is 12.5 Å². The second kappa shape index (κ2) is 9.71. The maximum Gasteiger partial charge on any atom is 0.330 e. The van der Waals surface area contributed by atoms with E-state index in [2.05, 4.69) is 10.3 Å². The van der Waals surface area contributed by atoms with Crippen LogP contribution in [0.3, 0.4) is 0 Å². The highest BCUT2D eigenvalue weighted by Crippen LogP contribution is 2.26. The van der Waals surface area contributed by atoms with Gasteiger partial charge in [0, 0.05) is 28.2 Å². The highest BCUT2D eigenvalue weighted by Gasteiger charge is 2.07. The third-order valence-electron chi connectivity index (χ3n) is 3.86. The van der Waals surface area contributed by atoms with Gasteiger partial charge in [-0.2, -0.15) is 0 Å². The average Bonchev–Trinajstić information content (AvgIpc) is 2.72. The fraction of sp³-hybridized carbons (Fsp3) is 0.136.